The summed E-state index contributed by atoms with van der Waals surface area (Å²) in [5.41, 5.74) is 5.32. The second-order valence-corrected chi connectivity index (χ2v) is 9.93. The molecule has 0 radical (unpaired) electrons. The van der Waals surface area contributed by atoms with Crippen LogP contribution in [0.5, 0.6) is 0 Å². The number of anilines is 1. The average Bonchev–Trinajstić information content (AvgIpc) is 2.87. The summed E-state index contributed by atoms with van der Waals surface area (Å²) >= 11 is 0. The molecule has 0 bridgehead atoms. The molecular weight excluding hydrogens is 434 g/mol. The molecule has 4 aromatic rings. The van der Waals surface area contributed by atoms with Crippen LogP contribution < -0.4 is 10.3 Å². The Morgan fingerprint density at radius 2 is 1.91 bits per heavy atom. The summed E-state index contributed by atoms with van der Waals surface area (Å²) in [7, 11) is 2.02. The minimum absolute atomic E-state index is 0.127. The number of piperidine rings is 1. The lowest BCUT2D eigenvalue weighted by molar-refractivity contribution is 0.141. The maximum atomic E-state index is 13.5. The zero-order chi connectivity index (χ0) is 24.4. The largest absolute Gasteiger partial charge is 0.368 e. The summed E-state index contributed by atoms with van der Waals surface area (Å²) in [5, 5.41) is 0.779. The van der Waals surface area contributed by atoms with E-state index in [1.807, 2.05) is 69.1 Å². The average molecular weight is 468 g/mol. The van der Waals surface area contributed by atoms with Gasteiger partial charge < -0.3 is 9.47 Å². The molecule has 1 aliphatic rings. The van der Waals surface area contributed by atoms with Crippen LogP contribution in [0.2, 0.25) is 0 Å². The van der Waals surface area contributed by atoms with Crippen molar-refractivity contribution >= 4 is 16.6 Å². The van der Waals surface area contributed by atoms with Crippen LogP contribution in [0, 0.1) is 12.8 Å². The van der Waals surface area contributed by atoms with E-state index < -0.39 is 0 Å². The third kappa shape index (κ3) is 5.13. The maximum absolute atomic E-state index is 13.5. The lowest BCUT2D eigenvalue weighted by atomic mass is 9.93. The highest BCUT2D eigenvalue weighted by atomic mass is 16.1. The van der Waals surface area contributed by atoms with E-state index in [1.165, 1.54) is 5.56 Å². The molecule has 180 valence electrons. The number of rotatable bonds is 6. The van der Waals surface area contributed by atoms with E-state index in [0.29, 0.717) is 18.5 Å². The third-order valence-electron chi connectivity index (χ3n) is 7.06. The molecule has 4 heterocycles. The SMILES string of the molecule is Cc1cc(CN(Cc2cn(C)c3ccccc3c2=O)[C@H]2C[C@H](C)CN(c3cccnc3)C2)ccn1. The van der Waals surface area contributed by atoms with Gasteiger partial charge in [-0.25, -0.2) is 0 Å². The van der Waals surface area contributed by atoms with E-state index in [0.717, 1.165) is 53.9 Å². The van der Waals surface area contributed by atoms with Gasteiger partial charge in [0.15, 0.2) is 5.43 Å². The van der Waals surface area contributed by atoms with E-state index in [1.54, 1.807) is 0 Å². The Morgan fingerprint density at radius 3 is 2.71 bits per heavy atom. The zero-order valence-electron chi connectivity index (χ0n) is 20.8. The first-order valence-corrected chi connectivity index (χ1v) is 12.4. The van der Waals surface area contributed by atoms with Crippen LogP contribution in [0.1, 0.15) is 30.2 Å². The fraction of sp³-hybridized carbons (Fsp3) is 0.345. The zero-order valence-corrected chi connectivity index (χ0v) is 20.8. The van der Waals surface area contributed by atoms with Gasteiger partial charge in [-0.05, 0) is 61.2 Å². The van der Waals surface area contributed by atoms with Crippen molar-refractivity contribution in [1.82, 2.24) is 19.4 Å². The lowest BCUT2D eigenvalue weighted by Gasteiger charge is -2.43. The van der Waals surface area contributed by atoms with Crippen LogP contribution in [0.25, 0.3) is 10.9 Å². The molecule has 6 heteroatoms. The van der Waals surface area contributed by atoms with Crippen molar-refractivity contribution in [1.29, 1.82) is 0 Å². The van der Waals surface area contributed by atoms with Crippen LogP contribution in [0.4, 0.5) is 5.69 Å². The Balaban J connectivity index is 1.50. The van der Waals surface area contributed by atoms with Crippen molar-refractivity contribution in [2.45, 2.75) is 39.4 Å². The van der Waals surface area contributed by atoms with Gasteiger partial charge in [0.1, 0.15) is 0 Å². The predicted molar refractivity (Wildman–Crippen MR) is 141 cm³/mol. The highest BCUT2D eigenvalue weighted by Gasteiger charge is 2.30. The Morgan fingerprint density at radius 1 is 1.06 bits per heavy atom. The topological polar surface area (TPSA) is 54.3 Å². The fourth-order valence-corrected chi connectivity index (χ4v) is 5.43. The molecule has 0 N–H and O–H groups in total. The first-order valence-electron chi connectivity index (χ1n) is 12.4. The van der Waals surface area contributed by atoms with Gasteiger partial charge in [-0.3, -0.25) is 19.7 Å². The van der Waals surface area contributed by atoms with E-state index in [4.69, 9.17) is 0 Å². The molecule has 6 nitrogen and oxygen atoms in total. The minimum Gasteiger partial charge on any atom is -0.368 e. The summed E-state index contributed by atoms with van der Waals surface area (Å²) in [6.07, 6.45) is 8.76. The number of para-hydroxylation sites is 1. The number of aryl methyl sites for hydroxylation is 2. The van der Waals surface area contributed by atoms with Gasteiger partial charge >= 0.3 is 0 Å². The van der Waals surface area contributed by atoms with Gasteiger partial charge in [0.2, 0.25) is 0 Å². The summed E-state index contributed by atoms with van der Waals surface area (Å²) < 4.78 is 2.08. The summed E-state index contributed by atoms with van der Waals surface area (Å²) in [6, 6.07) is 16.5. The first kappa shape index (κ1) is 23.2. The van der Waals surface area contributed by atoms with Crippen molar-refractivity contribution in [3.63, 3.8) is 0 Å². The van der Waals surface area contributed by atoms with Crippen LogP contribution in [0.3, 0.4) is 0 Å². The van der Waals surface area contributed by atoms with Crippen molar-refractivity contribution in [3.05, 3.63) is 100 Å². The molecule has 0 spiro atoms. The fourth-order valence-electron chi connectivity index (χ4n) is 5.43. The second-order valence-electron chi connectivity index (χ2n) is 9.93. The summed E-state index contributed by atoms with van der Waals surface area (Å²) in [4.78, 5) is 27.1. The molecule has 35 heavy (non-hydrogen) atoms. The van der Waals surface area contributed by atoms with Gasteiger partial charge in [0.25, 0.3) is 0 Å². The molecule has 3 aromatic heterocycles. The Hall–Kier alpha value is -3.51. The van der Waals surface area contributed by atoms with Gasteiger partial charge in [-0.1, -0.05) is 19.1 Å². The molecule has 0 amide bonds. The summed E-state index contributed by atoms with van der Waals surface area (Å²) in [6.45, 7) is 7.66. The minimum atomic E-state index is 0.127. The predicted octanol–water partition coefficient (Wildman–Crippen LogP) is 4.55. The number of nitrogens with zero attached hydrogens (tertiary/aromatic N) is 5. The number of fused-ring (bicyclic) bond motifs is 1. The van der Waals surface area contributed by atoms with Gasteiger partial charge in [-0.2, -0.15) is 0 Å². The van der Waals surface area contributed by atoms with Crippen LogP contribution in [0.15, 0.2) is 78.1 Å². The maximum Gasteiger partial charge on any atom is 0.193 e. The first-order chi connectivity index (χ1) is 17.0. The molecule has 1 aromatic carbocycles. The number of hydrogen-bond donors (Lipinski definition) is 0. The van der Waals surface area contributed by atoms with Crippen molar-refractivity contribution in [3.8, 4) is 0 Å². The smallest absolute Gasteiger partial charge is 0.193 e. The molecule has 1 aliphatic heterocycles. The van der Waals surface area contributed by atoms with Gasteiger partial charge in [0.05, 0.1) is 17.4 Å². The molecule has 5 rings (SSSR count). The summed E-state index contributed by atoms with van der Waals surface area (Å²) in [5.74, 6) is 0.537. The lowest BCUT2D eigenvalue weighted by Crippen LogP contribution is -2.50. The second kappa shape index (κ2) is 10.0. The molecule has 0 aliphatic carbocycles. The Labute approximate surface area is 206 Å². The van der Waals surface area contributed by atoms with Crippen molar-refractivity contribution in [2.75, 3.05) is 18.0 Å². The van der Waals surface area contributed by atoms with E-state index >= 15 is 0 Å². The van der Waals surface area contributed by atoms with E-state index in [2.05, 4.69) is 49.5 Å². The number of aromatic nitrogens is 3. The Kier molecular flexibility index (Phi) is 6.64. The molecule has 2 atom stereocenters. The van der Waals surface area contributed by atoms with Crippen LogP contribution in [-0.2, 0) is 20.1 Å². The quantitative estimate of drug-likeness (QED) is 0.416. The standard InChI is InChI=1S/C29H33N5O/c1-21-13-26(20-33(16-21)25-7-6-11-30-15-25)34(17-23-10-12-31-22(2)14-23)19-24-18-32(3)28-9-5-4-8-27(28)29(24)35/h4-12,14-15,18,21,26H,13,16-17,19-20H2,1-3H3/t21-,26-/m0/s1. The van der Waals surface area contributed by atoms with Crippen LogP contribution >= 0.6 is 0 Å². The molecule has 1 saturated heterocycles. The highest BCUT2D eigenvalue weighted by Crippen LogP contribution is 2.27. The third-order valence-corrected chi connectivity index (χ3v) is 7.06. The van der Waals surface area contributed by atoms with E-state index in [-0.39, 0.29) is 5.43 Å². The van der Waals surface area contributed by atoms with Gasteiger partial charge in [-0.15, -0.1) is 0 Å². The highest BCUT2D eigenvalue weighted by molar-refractivity contribution is 5.79. The monoisotopic (exact) mass is 467 g/mol. The molecule has 0 saturated carbocycles. The molecular formula is C29H33N5O. The van der Waals surface area contributed by atoms with E-state index in [9.17, 15) is 4.79 Å². The number of pyridine rings is 3. The van der Waals surface area contributed by atoms with Crippen molar-refractivity contribution < 1.29 is 0 Å². The number of hydrogen-bond acceptors (Lipinski definition) is 5. The number of benzene rings is 1. The van der Waals surface area contributed by atoms with Gasteiger partial charge in [0, 0.05) is 74.5 Å². The molecule has 0 unspecified atom stereocenters. The van der Waals surface area contributed by atoms with Crippen LogP contribution in [-0.4, -0.2) is 38.6 Å². The molecule has 1 fully saturated rings. The Bertz CT molecular complexity index is 1370. The van der Waals surface area contributed by atoms with Crippen molar-refractivity contribution in [2.24, 2.45) is 13.0 Å². The normalized spacial score (nSPS) is 18.3.